The van der Waals surface area contributed by atoms with Gasteiger partial charge in [0.25, 0.3) is 0 Å². The summed E-state index contributed by atoms with van der Waals surface area (Å²) in [5.74, 6) is 5.02. The zero-order valence-electron chi connectivity index (χ0n) is 36.9. The zero-order valence-corrected chi connectivity index (χ0v) is 36.9. The third-order valence-corrected chi connectivity index (χ3v) is 12.4. The van der Waals surface area contributed by atoms with Crippen molar-refractivity contribution in [2.45, 2.75) is 70.6 Å². The molecule has 0 heterocycles. The third kappa shape index (κ3) is 8.78. The summed E-state index contributed by atoms with van der Waals surface area (Å²) in [7, 11) is 10.3. The second-order valence-corrected chi connectivity index (χ2v) is 16.8. The van der Waals surface area contributed by atoms with Crippen molar-refractivity contribution >= 4 is 0 Å². The minimum absolute atomic E-state index is 0.276. The predicted octanol–water partition coefficient (Wildman–Crippen LogP) is 11.9. The largest absolute Gasteiger partial charge is 0.497 e. The lowest BCUT2D eigenvalue weighted by Gasteiger charge is -2.30. The summed E-state index contributed by atoms with van der Waals surface area (Å²) in [5.41, 5.74) is 10.5. The molecule has 0 atom stereocenters. The fourth-order valence-corrected chi connectivity index (χ4v) is 8.18. The molecular weight excluding hydrogens is 733 g/mol. The van der Waals surface area contributed by atoms with Gasteiger partial charge >= 0.3 is 0 Å². The Kier molecular flexibility index (Phi) is 12.7. The van der Waals surface area contributed by atoms with Gasteiger partial charge < -0.3 is 28.4 Å². The van der Waals surface area contributed by atoms with Crippen molar-refractivity contribution in [3.8, 4) is 34.5 Å². The van der Waals surface area contributed by atoms with Crippen LogP contribution in [0.2, 0.25) is 0 Å². The predicted molar refractivity (Wildman–Crippen MR) is 240 cm³/mol. The molecule has 6 aromatic rings. The molecule has 6 rings (SSSR count). The van der Waals surface area contributed by atoms with Crippen molar-refractivity contribution in [2.75, 3.05) is 42.7 Å². The molecule has 6 heteroatoms. The summed E-state index contributed by atoms with van der Waals surface area (Å²) in [5, 5.41) is 0. The van der Waals surface area contributed by atoms with Gasteiger partial charge in [0.1, 0.15) is 34.5 Å². The number of hydrogen-bond donors (Lipinski definition) is 0. The highest BCUT2D eigenvalue weighted by Gasteiger charge is 2.29. The van der Waals surface area contributed by atoms with E-state index in [2.05, 4.69) is 126 Å². The molecule has 0 N–H and O–H groups in total. The SMILES string of the molecule is COc1ccc(C(C)(C)c2ccc(OC)c(Cc3cc(C(C)(C)c4ccc(OC)cc4)cc(Cc4cc(C(C)(C)c5ccc(OC)cc5)ccc4OC)c3OC)c2)cc1. The Morgan fingerprint density at radius 3 is 0.881 bits per heavy atom. The van der Waals surface area contributed by atoms with Gasteiger partial charge in [0, 0.05) is 29.1 Å². The van der Waals surface area contributed by atoms with Crippen LogP contribution in [0.3, 0.4) is 0 Å². The highest BCUT2D eigenvalue weighted by atomic mass is 16.5. The van der Waals surface area contributed by atoms with E-state index in [4.69, 9.17) is 28.4 Å². The topological polar surface area (TPSA) is 55.4 Å². The monoisotopic (exact) mass is 792 g/mol. The maximum Gasteiger partial charge on any atom is 0.125 e. The highest BCUT2D eigenvalue weighted by molar-refractivity contribution is 5.56. The Bertz CT molecular complexity index is 2220. The molecular formula is C53H60O6. The molecule has 59 heavy (non-hydrogen) atoms. The van der Waals surface area contributed by atoms with Gasteiger partial charge in [-0.2, -0.15) is 0 Å². The first-order valence-electron chi connectivity index (χ1n) is 20.2. The first-order chi connectivity index (χ1) is 28.2. The zero-order chi connectivity index (χ0) is 42.5. The first kappa shape index (κ1) is 42.7. The average Bonchev–Trinajstić information content (AvgIpc) is 3.26. The number of hydrogen-bond acceptors (Lipinski definition) is 6. The quantitative estimate of drug-likeness (QED) is 0.0973. The van der Waals surface area contributed by atoms with Crippen molar-refractivity contribution in [3.05, 3.63) is 177 Å². The molecule has 0 spiro atoms. The molecule has 308 valence electrons. The molecule has 0 aliphatic carbocycles. The molecule has 0 aliphatic heterocycles. The molecule has 0 radical (unpaired) electrons. The van der Waals surface area contributed by atoms with E-state index in [0.29, 0.717) is 12.8 Å². The van der Waals surface area contributed by atoms with E-state index in [0.717, 1.165) is 56.8 Å². The van der Waals surface area contributed by atoms with Gasteiger partial charge in [-0.15, -0.1) is 0 Å². The van der Waals surface area contributed by atoms with Crippen LogP contribution < -0.4 is 28.4 Å². The maximum atomic E-state index is 6.43. The maximum absolute atomic E-state index is 6.43. The molecule has 0 bridgehead atoms. The summed E-state index contributed by atoms with van der Waals surface area (Å²) in [6.07, 6.45) is 1.19. The van der Waals surface area contributed by atoms with E-state index >= 15 is 0 Å². The fraction of sp³-hybridized carbons (Fsp3) is 0.321. The van der Waals surface area contributed by atoms with Crippen LogP contribution in [-0.4, -0.2) is 42.7 Å². The Morgan fingerprint density at radius 2 is 0.593 bits per heavy atom. The number of methoxy groups -OCH3 is 6. The molecule has 0 unspecified atom stereocenters. The van der Waals surface area contributed by atoms with Crippen LogP contribution in [0.5, 0.6) is 34.5 Å². The molecule has 0 saturated heterocycles. The second kappa shape index (κ2) is 17.5. The summed E-state index contributed by atoms with van der Waals surface area (Å²) in [4.78, 5) is 0. The summed E-state index contributed by atoms with van der Waals surface area (Å²) < 4.78 is 35.0. The highest BCUT2D eigenvalue weighted by Crippen LogP contribution is 2.42. The summed E-state index contributed by atoms with van der Waals surface area (Å²) >= 11 is 0. The Balaban J connectivity index is 1.49. The van der Waals surface area contributed by atoms with E-state index in [1.807, 2.05) is 36.4 Å². The van der Waals surface area contributed by atoms with Crippen LogP contribution >= 0.6 is 0 Å². The third-order valence-electron chi connectivity index (χ3n) is 12.4. The van der Waals surface area contributed by atoms with Crippen LogP contribution in [0, 0.1) is 0 Å². The molecule has 0 aromatic heterocycles. The lowest BCUT2D eigenvalue weighted by Crippen LogP contribution is -2.21. The number of rotatable bonds is 16. The van der Waals surface area contributed by atoms with Gasteiger partial charge in [-0.25, -0.2) is 0 Å². The summed E-state index contributed by atoms with van der Waals surface area (Å²) in [6, 6.07) is 42.8. The normalized spacial score (nSPS) is 11.9. The second-order valence-electron chi connectivity index (χ2n) is 16.8. The Hall–Kier alpha value is -5.88. The Labute approximate surface area is 352 Å². The minimum atomic E-state index is -0.355. The van der Waals surface area contributed by atoms with Crippen LogP contribution in [-0.2, 0) is 29.1 Å². The van der Waals surface area contributed by atoms with E-state index < -0.39 is 0 Å². The molecule has 0 saturated carbocycles. The van der Waals surface area contributed by atoms with Crippen molar-refractivity contribution < 1.29 is 28.4 Å². The van der Waals surface area contributed by atoms with Gasteiger partial charge in [-0.05, 0) is 104 Å². The molecule has 0 amide bonds. The fourth-order valence-electron chi connectivity index (χ4n) is 8.18. The number of ether oxygens (including phenoxy) is 6. The van der Waals surface area contributed by atoms with Crippen molar-refractivity contribution in [1.82, 2.24) is 0 Å². The van der Waals surface area contributed by atoms with Crippen molar-refractivity contribution in [1.29, 1.82) is 0 Å². The molecule has 0 fully saturated rings. The lowest BCUT2D eigenvalue weighted by molar-refractivity contribution is 0.400. The smallest absolute Gasteiger partial charge is 0.125 e. The van der Waals surface area contributed by atoms with Crippen LogP contribution in [0.1, 0.15) is 97.2 Å². The first-order valence-corrected chi connectivity index (χ1v) is 20.2. The number of benzene rings is 6. The minimum Gasteiger partial charge on any atom is -0.497 e. The van der Waals surface area contributed by atoms with Gasteiger partial charge in [0.2, 0.25) is 0 Å². The van der Waals surface area contributed by atoms with E-state index in [9.17, 15) is 0 Å². The average molecular weight is 793 g/mol. The van der Waals surface area contributed by atoms with Gasteiger partial charge in [-0.1, -0.05) is 114 Å². The molecule has 6 aromatic carbocycles. The van der Waals surface area contributed by atoms with Gasteiger partial charge in [0.15, 0.2) is 0 Å². The van der Waals surface area contributed by atoms with E-state index in [-0.39, 0.29) is 16.2 Å². The van der Waals surface area contributed by atoms with Crippen LogP contribution in [0.15, 0.2) is 121 Å². The molecule has 0 aliphatic rings. The Morgan fingerprint density at radius 1 is 0.305 bits per heavy atom. The van der Waals surface area contributed by atoms with Crippen LogP contribution in [0.4, 0.5) is 0 Å². The van der Waals surface area contributed by atoms with E-state index in [1.54, 1.807) is 42.7 Å². The summed E-state index contributed by atoms with van der Waals surface area (Å²) in [6.45, 7) is 13.6. The standard InChI is InChI=1S/C53H60O6/c1-51(2,39-13-21-45(54-7)22-14-39)42-19-27-48(57-10)35(31-42)29-37-33-44(53(5,6)41-17-25-47(56-9)26-18-41)34-38(50(37)59-12)30-36-32-43(20-28-49(36)58-11)52(3,4)40-15-23-46(55-8)24-16-40/h13-28,31-34H,29-30H2,1-12H3. The molecule has 6 nitrogen and oxygen atoms in total. The van der Waals surface area contributed by atoms with E-state index in [1.165, 1.54) is 33.4 Å². The van der Waals surface area contributed by atoms with Crippen LogP contribution in [0.25, 0.3) is 0 Å². The van der Waals surface area contributed by atoms with Crippen molar-refractivity contribution in [2.24, 2.45) is 0 Å². The lowest BCUT2D eigenvalue weighted by atomic mass is 9.75. The van der Waals surface area contributed by atoms with Gasteiger partial charge in [-0.3, -0.25) is 0 Å². The van der Waals surface area contributed by atoms with Gasteiger partial charge in [0.05, 0.1) is 42.7 Å². The van der Waals surface area contributed by atoms with Crippen molar-refractivity contribution in [3.63, 3.8) is 0 Å².